The Hall–Kier alpha value is -1.60. The highest BCUT2D eigenvalue weighted by Gasteiger charge is 2.22. The number of sulfonamides is 1. The van der Waals surface area contributed by atoms with Gasteiger partial charge in [-0.25, -0.2) is 8.42 Å². The first kappa shape index (κ1) is 18.7. The van der Waals surface area contributed by atoms with Crippen molar-refractivity contribution in [3.63, 3.8) is 0 Å². The first-order chi connectivity index (χ1) is 11.3. The van der Waals surface area contributed by atoms with Crippen LogP contribution in [-0.4, -0.2) is 70.2 Å². The highest BCUT2D eigenvalue weighted by atomic mass is 32.2. The normalized spacial score (nSPS) is 16.2. The van der Waals surface area contributed by atoms with Crippen LogP contribution in [0.2, 0.25) is 0 Å². The summed E-state index contributed by atoms with van der Waals surface area (Å²) in [7, 11) is -1.38. The lowest BCUT2D eigenvalue weighted by molar-refractivity contribution is -0.132. The number of hydrogen-bond donors (Lipinski definition) is 0. The summed E-state index contributed by atoms with van der Waals surface area (Å²) in [5.41, 5.74) is 1.77. The average molecular weight is 353 g/mol. The van der Waals surface area contributed by atoms with Gasteiger partial charge in [-0.05, 0) is 31.2 Å². The van der Waals surface area contributed by atoms with Gasteiger partial charge >= 0.3 is 0 Å². The van der Waals surface area contributed by atoms with Gasteiger partial charge in [-0.15, -0.1) is 0 Å². The molecule has 0 saturated carbocycles. The lowest BCUT2D eigenvalue weighted by atomic mass is 10.1. The summed E-state index contributed by atoms with van der Waals surface area (Å²) in [5.74, 6) is 0.0157. The zero-order valence-corrected chi connectivity index (χ0v) is 15.6. The molecule has 1 aliphatic rings. The summed E-state index contributed by atoms with van der Waals surface area (Å²) in [6, 6.07) is 7.46. The maximum absolute atomic E-state index is 12.4. The van der Waals surface area contributed by atoms with Gasteiger partial charge < -0.3 is 9.80 Å². The van der Waals surface area contributed by atoms with E-state index in [1.54, 1.807) is 12.1 Å². The largest absolute Gasteiger partial charge is 0.340 e. The SMILES string of the molecule is CCc1ccc(N(CCC(=O)N2CCN(C)CC2)S(C)(=O)=O)cc1. The Balaban J connectivity index is 2.02. The second-order valence-corrected chi connectivity index (χ2v) is 8.20. The maximum Gasteiger partial charge on any atom is 0.232 e. The van der Waals surface area contributed by atoms with Gasteiger partial charge in [-0.1, -0.05) is 19.1 Å². The predicted molar refractivity (Wildman–Crippen MR) is 96.7 cm³/mol. The fourth-order valence-electron chi connectivity index (χ4n) is 2.80. The standard InChI is InChI=1S/C17H27N3O3S/c1-4-15-5-7-16(8-6-15)20(24(3,22)23)10-9-17(21)19-13-11-18(2)12-14-19/h5-8H,4,9-14H2,1-3H3. The molecule has 134 valence electrons. The van der Waals surface area contributed by atoms with Crippen molar-refractivity contribution in [2.45, 2.75) is 19.8 Å². The molecule has 6 nitrogen and oxygen atoms in total. The third-order valence-electron chi connectivity index (χ3n) is 4.42. The molecular weight excluding hydrogens is 326 g/mol. The molecule has 0 aliphatic carbocycles. The smallest absolute Gasteiger partial charge is 0.232 e. The van der Waals surface area contributed by atoms with Crippen LogP contribution < -0.4 is 4.31 Å². The maximum atomic E-state index is 12.4. The van der Waals surface area contributed by atoms with Crippen LogP contribution in [0.5, 0.6) is 0 Å². The molecule has 0 bridgehead atoms. The minimum absolute atomic E-state index is 0.0157. The Labute approximate surface area is 145 Å². The molecule has 2 rings (SSSR count). The first-order valence-corrected chi connectivity index (χ1v) is 10.2. The van der Waals surface area contributed by atoms with Crippen LogP contribution in [0.4, 0.5) is 5.69 Å². The van der Waals surface area contributed by atoms with E-state index in [1.165, 1.54) is 10.6 Å². The van der Waals surface area contributed by atoms with E-state index in [0.29, 0.717) is 18.8 Å². The van der Waals surface area contributed by atoms with Gasteiger partial charge in [-0.2, -0.15) is 0 Å². The first-order valence-electron chi connectivity index (χ1n) is 8.34. The van der Waals surface area contributed by atoms with Crippen LogP contribution in [-0.2, 0) is 21.2 Å². The number of anilines is 1. The van der Waals surface area contributed by atoms with E-state index in [9.17, 15) is 13.2 Å². The monoisotopic (exact) mass is 353 g/mol. The number of amides is 1. The van der Waals surface area contributed by atoms with E-state index >= 15 is 0 Å². The van der Waals surface area contributed by atoms with E-state index in [-0.39, 0.29) is 18.9 Å². The predicted octanol–water partition coefficient (Wildman–Crippen LogP) is 1.18. The molecule has 1 heterocycles. The fourth-order valence-corrected chi connectivity index (χ4v) is 3.72. The fraction of sp³-hybridized carbons (Fsp3) is 0.588. The molecule has 0 unspecified atom stereocenters. The molecule has 1 fully saturated rings. The van der Waals surface area contributed by atoms with Crippen molar-refractivity contribution in [1.82, 2.24) is 9.80 Å². The number of hydrogen-bond acceptors (Lipinski definition) is 4. The van der Waals surface area contributed by atoms with Crippen molar-refractivity contribution in [2.75, 3.05) is 50.3 Å². The van der Waals surface area contributed by atoms with E-state index in [4.69, 9.17) is 0 Å². The Morgan fingerprint density at radius 1 is 1.12 bits per heavy atom. The van der Waals surface area contributed by atoms with Crippen molar-refractivity contribution in [3.8, 4) is 0 Å². The number of carbonyl (C=O) groups excluding carboxylic acids is 1. The molecular formula is C17H27N3O3S. The van der Waals surface area contributed by atoms with E-state index < -0.39 is 10.0 Å². The van der Waals surface area contributed by atoms with E-state index in [0.717, 1.165) is 25.1 Å². The second kappa shape index (κ2) is 7.98. The quantitative estimate of drug-likeness (QED) is 0.770. The number of aryl methyl sites for hydroxylation is 1. The van der Waals surface area contributed by atoms with Crippen LogP contribution in [0.15, 0.2) is 24.3 Å². The number of piperazine rings is 1. The summed E-state index contributed by atoms with van der Waals surface area (Å²) in [5, 5.41) is 0. The molecule has 0 spiro atoms. The number of likely N-dealkylation sites (N-methyl/N-ethyl adjacent to an activating group) is 1. The van der Waals surface area contributed by atoms with Gasteiger partial charge in [0.1, 0.15) is 0 Å². The summed E-state index contributed by atoms with van der Waals surface area (Å²) in [6.45, 7) is 5.37. The van der Waals surface area contributed by atoms with Gasteiger partial charge in [0.2, 0.25) is 15.9 Å². The molecule has 0 radical (unpaired) electrons. The van der Waals surface area contributed by atoms with Crippen molar-refractivity contribution in [3.05, 3.63) is 29.8 Å². The van der Waals surface area contributed by atoms with E-state index in [2.05, 4.69) is 11.8 Å². The van der Waals surface area contributed by atoms with E-state index in [1.807, 2.05) is 24.1 Å². The highest BCUT2D eigenvalue weighted by Crippen LogP contribution is 2.19. The molecule has 7 heteroatoms. The summed E-state index contributed by atoms with van der Waals surface area (Å²) in [6.07, 6.45) is 2.29. The molecule has 0 N–H and O–H groups in total. The molecule has 1 aliphatic heterocycles. The lowest BCUT2D eigenvalue weighted by Crippen LogP contribution is -2.48. The third-order valence-corrected chi connectivity index (χ3v) is 5.61. The van der Waals surface area contributed by atoms with Crippen molar-refractivity contribution in [2.24, 2.45) is 0 Å². The zero-order chi connectivity index (χ0) is 17.7. The Morgan fingerprint density at radius 3 is 2.21 bits per heavy atom. The number of nitrogens with zero attached hydrogens (tertiary/aromatic N) is 3. The average Bonchev–Trinajstić information content (AvgIpc) is 2.55. The summed E-state index contributed by atoms with van der Waals surface area (Å²) < 4.78 is 25.5. The lowest BCUT2D eigenvalue weighted by Gasteiger charge is -2.33. The van der Waals surface area contributed by atoms with Gasteiger partial charge in [0, 0.05) is 39.1 Å². The van der Waals surface area contributed by atoms with Gasteiger partial charge in [0.05, 0.1) is 11.9 Å². The van der Waals surface area contributed by atoms with Crippen molar-refractivity contribution < 1.29 is 13.2 Å². The third kappa shape index (κ3) is 4.95. The molecule has 1 saturated heterocycles. The van der Waals surface area contributed by atoms with Gasteiger partial charge in [-0.3, -0.25) is 9.10 Å². The minimum atomic E-state index is -3.42. The van der Waals surface area contributed by atoms with Crippen LogP contribution in [0.25, 0.3) is 0 Å². The number of carbonyl (C=O) groups is 1. The Morgan fingerprint density at radius 2 is 1.71 bits per heavy atom. The Bertz CT molecular complexity index is 650. The zero-order valence-electron chi connectivity index (χ0n) is 14.7. The van der Waals surface area contributed by atoms with Crippen LogP contribution in [0.3, 0.4) is 0 Å². The molecule has 0 aromatic heterocycles. The molecule has 24 heavy (non-hydrogen) atoms. The topological polar surface area (TPSA) is 60.9 Å². The van der Waals surface area contributed by atoms with Gasteiger partial charge in [0.25, 0.3) is 0 Å². The van der Waals surface area contributed by atoms with Crippen molar-refractivity contribution in [1.29, 1.82) is 0 Å². The second-order valence-electron chi connectivity index (χ2n) is 6.29. The van der Waals surface area contributed by atoms with Crippen molar-refractivity contribution >= 4 is 21.6 Å². The van der Waals surface area contributed by atoms with Crippen LogP contribution >= 0.6 is 0 Å². The summed E-state index contributed by atoms with van der Waals surface area (Å²) in [4.78, 5) is 16.4. The molecule has 1 aromatic carbocycles. The molecule has 0 atom stereocenters. The molecule has 1 amide bonds. The van der Waals surface area contributed by atoms with Crippen LogP contribution in [0, 0.1) is 0 Å². The number of rotatable bonds is 6. The van der Waals surface area contributed by atoms with Gasteiger partial charge in [0.15, 0.2) is 0 Å². The Kier molecular flexibility index (Phi) is 6.23. The minimum Gasteiger partial charge on any atom is -0.340 e. The molecule has 1 aromatic rings. The summed E-state index contributed by atoms with van der Waals surface area (Å²) >= 11 is 0. The number of benzene rings is 1. The van der Waals surface area contributed by atoms with Crippen LogP contribution in [0.1, 0.15) is 18.9 Å². The highest BCUT2D eigenvalue weighted by molar-refractivity contribution is 7.92.